The zero-order chi connectivity index (χ0) is 12.8. The van der Waals surface area contributed by atoms with Crippen molar-refractivity contribution in [3.8, 4) is 0 Å². The molecule has 1 aromatic rings. The molecule has 1 saturated carbocycles. The van der Waals surface area contributed by atoms with Gasteiger partial charge in [0.25, 0.3) is 0 Å². The van der Waals surface area contributed by atoms with Crippen molar-refractivity contribution in [3.05, 3.63) is 34.6 Å². The van der Waals surface area contributed by atoms with Gasteiger partial charge in [-0.25, -0.2) is 9.18 Å². The Labute approximate surface area is 96.7 Å². The monoisotopic (exact) mass is 238 g/mol. The normalized spacial score (nSPS) is 16.6. The lowest BCUT2D eigenvalue weighted by molar-refractivity contribution is -0.140. The number of benzene rings is 1. The second kappa shape index (κ2) is 3.55. The Morgan fingerprint density at radius 2 is 1.88 bits per heavy atom. The molecule has 90 valence electrons. The third kappa shape index (κ3) is 1.67. The topological polar surface area (TPSA) is 74.6 Å². The summed E-state index contributed by atoms with van der Waals surface area (Å²) in [5.74, 6) is -3.20. The van der Waals surface area contributed by atoms with Gasteiger partial charge in [-0.1, -0.05) is 0 Å². The molecule has 17 heavy (non-hydrogen) atoms. The number of aryl methyl sites for hydroxylation is 1. The molecule has 1 aliphatic carbocycles. The third-order valence-corrected chi connectivity index (χ3v) is 3.22. The van der Waals surface area contributed by atoms with Crippen LogP contribution in [0.5, 0.6) is 0 Å². The van der Waals surface area contributed by atoms with Crippen LogP contribution in [0, 0.1) is 12.7 Å². The minimum atomic E-state index is -1.38. The molecular weight excluding hydrogens is 227 g/mol. The number of hydrogen-bond acceptors (Lipinski definition) is 2. The lowest BCUT2D eigenvalue weighted by Gasteiger charge is -2.14. The Kier molecular flexibility index (Phi) is 2.41. The summed E-state index contributed by atoms with van der Waals surface area (Å²) in [6.07, 6.45) is 0.932. The molecule has 5 heteroatoms. The zero-order valence-electron chi connectivity index (χ0n) is 9.16. The van der Waals surface area contributed by atoms with Crippen LogP contribution in [0.4, 0.5) is 4.39 Å². The summed E-state index contributed by atoms with van der Waals surface area (Å²) in [4.78, 5) is 22.0. The fraction of sp³-hybridized carbons (Fsp3) is 0.333. The highest BCUT2D eigenvalue weighted by Crippen LogP contribution is 2.49. The van der Waals surface area contributed by atoms with Crippen LogP contribution in [-0.2, 0) is 10.2 Å². The van der Waals surface area contributed by atoms with Crippen molar-refractivity contribution in [1.29, 1.82) is 0 Å². The van der Waals surface area contributed by atoms with Crippen LogP contribution in [0.25, 0.3) is 0 Å². The molecule has 4 nitrogen and oxygen atoms in total. The second-order valence-corrected chi connectivity index (χ2v) is 4.34. The highest BCUT2D eigenvalue weighted by atomic mass is 19.1. The molecule has 0 saturated heterocycles. The van der Waals surface area contributed by atoms with E-state index < -0.39 is 28.7 Å². The molecule has 0 unspecified atom stereocenters. The van der Waals surface area contributed by atoms with E-state index in [2.05, 4.69) is 0 Å². The summed E-state index contributed by atoms with van der Waals surface area (Å²) in [5.41, 5.74) is -0.601. The van der Waals surface area contributed by atoms with Crippen molar-refractivity contribution >= 4 is 11.9 Å². The minimum absolute atomic E-state index is 0.406. The Morgan fingerprint density at radius 1 is 1.29 bits per heavy atom. The molecule has 0 aliphatic heterocycles. The Balaban J connectivity index is 2.59. The number of hydrogen-bond donors (Lipinski definition) is 2. The van der Waals surface area contributed by atoms with Gasteiger partial charge >= 0.3 is 11.9 Å². The van der Waals surface area contributed by atoms with Crippen LogP contribution >= 0.6 is 0 Å². The number of carboxylic acids is 2. The van der Waals surface area contributed by atoms with Gasteiger partial charge in [-0.15, -0.1) is 0 Å². The minimum Gasteiger partial charge on any atom is -0.481 e. The maximum absolute atomic E-state index is 13.4. The van der Waals surface area contributed by atoms with Crippen molar-refractivity contribution in [2.45, 2.75) is 25.2 Å². The Bertz CT molecular complexity index is 517. The number of aliphatic carboxylic acids is 1. The molecule has 1 aliphatic rings. The quantitative estimate of drug-likeness (QED) is 0.843. The van der Waals surface area contributed by atoms with Crippen molar-refractivity contribution in [1.82, 2.24) is 0 Å². The lowest BCUT2D eigenvalue weighted by atomic mass is 9.90. The van der Waals surface area contributed by atoms with Gasteiger partial charge in [0, 0.05) is 0 Å². The first-order valence-corrected chi connectivity index (χ1v) is 5.16. The van der Waals surface area contributed by atoms with Crippen molar-refractivity contribution in [2.75, 3.05) is 0 Å². The number of carboxylic acid groups (broad SMARTS) is 2. The van der Waals surface area contributed by atoms with E-state index in [1.54, 1.807) is 6.92 Å². The SMILES string of the molecule is Cc1cc(F)c(C(=O)O)cc1C1(C(=O)O)CC1. The number of rotatable bonds is 3. The van der Waals surface area contributed by atoms with Gasteiger partial charge < -0.3 is 10.2 Å². The summed E-state index contributed by atoms with van der Waals surface area (Å²) >= 11 is 0. The number of aromatic carboxylic acids is 1. The van der Waals surface area contributed by atoms with E-state index in [0.29, 0.717) is 24.0 Å². The Morgan fingerprint density at radius 3 is 2.29 bits per heavy atom. The molecule has 1 aromatic carbocycles. The average Bonchev–Trinajstić information content (AvgIpc) is 2.97. The Hall–Kier alpha value is -1.91. The molecule has 2 rings (SSSR count). The van der Waals surface area contributed by atoms with Crippen LogP contribution in [0.15, 0.2) is 12.1 Å². The molecule has 0 aromatic heterocycles. The summed E-state index contributed by atoms with van der Waals surface area (Å²) in [6.45, 7) is 1.59. The van der Waals surface area contributed by atoms with Gasteiger partial charge in [0.15, 0.2) is 0 Å². The van der Waals surface area contributed by atoms with E-state index in [1.807, 2.05) is 0 Å². The van der Waals surface area contributed by atoms with Crippen LogP contribution in [-0.4, -0.2) is 22.2 Å². The highest BCUT2D eigenvalue weighted by Gasteiger charge is 2.52. The summed E-state index contributed by atoms with van der Waals surface area (Å²) < 4.78 is 13.4. The molecule has 0 heterocycles. The summed E-state index contributed by atoms with van der Waals surface area (Å²) in [7, 11) is 0. The predicted octanol–water partition coefficient (Wildman–Crippen LogP) is 1.95. The molecule has 2 N–H and O–H groups in total. The van der Waals surface area contributed by atoms with Gasteiger partial charge in [-0.3, -0.25) is 4.79 Å². The van der Waals surface area contributed by atoms with Crippen molar-refractivity contribution in [2.24, 2.45) is 0 Å². The van der Waals surface area contributed by atoms with E-state index in [0.717, 1.165) is 12.1 Å². The van der Waals surface area contributed by atoms with Gasteiger partial charge in [-0.2, -0.15) is 0 Å². The molecule has 0 atom stereocenters. The van der Waals surface area contributed by atoms with Gasteiger partial charge in [0.1, 0.15) is 5.82 Å². The molecular formula is C12H11FO4. The smallest absolute Gasteiger partial charge is 0.338 e. The van der Waals surface area contributed by atoms with Crippen molar-refractivity contribution in [3.63, 3.8) is 0 Å². The highest BCUT2D eigenvalue weighted by molar-refractivity contribution is 5.90. The molecule has 0 radical (unpaired) electrons. The third-order valence-electron chi connectivity index (χ3n) is 3.22. The zero-order valence-corrected chi connectivity index (χ0v) is 9.16. The van der Waals surface area contributed by atoms with Gasteiger partial charge in [0.2, 0.25) is 0 Å². The first-order valence-electron chi connectivity index (χ1n) is 5.16. The molecule has 0 spiro atoms. The average molecular weight is 238 g/mol. The largest absolute Gasteiger partial charge is 0.481 e. The fourth-order valence-corrected chi connectivity index (χ4v) is 2.08. The predicted molar refractivity (Wildman–Crippen MR) is 56.6 cm³/mol. The van der Waals surface area contributed by atoms with E-state index >= 15 is 0 Å². The van der Waals surface area contributed by atoms with E-state index in [4.69, 9.17) is 10.2 Å². The van der Waals surface area contributed by atoms with Gasteiger partial charge in [-0.05, 0) is 43.0 Å². The maximum atomic E-state index is 13.4. The molecule has 0 bridgehead atoms. The van der Waals surface area contributed by atoms with Crippen LogP contribution in [0.1, 0.15) is 34.3 Å². The number of carbonyl (C=O) groups is 2. The molecule has 0 amide bonds. The summed E-state index contributed by atoms with van der Waals surface area (Å²) in [5, 5.41) is 18.0. The first-order chi connectivity index (χ1) is 7.88. The van der Waals surface area contributed by atoms with Crippen LogP contribution in [0.2, 0.25) is 0 Å². The fourth-order valence-electron chi connectivity index (χ4n) is 2.08. The second-order valence-electron chi connectivity index (χ2n) is 4.34. The standard InChI is InChI=1S/C12H11FO4/c1-6-4-9(13)7(10(14)15)5-8(6)12(2-3-12)11(16)17/h4-5H,2-3H2,1H3,(H,14,15)(H,16,17). The summed E-state index contributed by atoms with van der Waals surface area (Å²) in [6, 6.07) is 2.23. The van der Waals surface area contributed by atoms with E-state index in [-0.39, 0.29) is 0 Å². The maximum Gasteiger partial charge on any atom is 0.338 e. The van der Waals surface area contributed by atoms with Gasteiger partial charge in [0.05, 0.1) is 11.0 Å². The molecule has 1 fully saturated rings. The number of halogens is 1. The van der Waals surface area contributed by atoms with Crippen LogP contribution in [0.3, 0.4) is 0 Å². The van der Waals surface area contributed by atoms with E-state index in [9.17, 15) is 14.0 Å². The lowest BCUT2D eigenvalue weighted by Crippen LogP contribution is -2.21. The van der Waals surface area contributed by atoms with Crippen molar-refractivity contribution < 1.29 is 24.2 Å². The van der Waals surface area contributed by atoms with Crippen LogP contribution < -0.4 is 0 Å². The first kappa shape index (κ1) is 11.6. The van der Waals surface area contributed by atoms with E-state index in [1.165, 1.54) is 0 Å².